The van der Waals surface area contributed by atoms with Gasteiger partial charge >= 0.3 is 0 Å². The molecule has 4 atom stereocenters. The summed E-state index contributed by atoms with van der Waals surface area (Å²) in [5.41, 5.74) is 0. The standard InChI is InChI=1S/C12H16O4/c1-5-7-13-9-8(6-2)14-11-10(9)15-12(3,4)16-11/h1,6,8-11H,2,7H2,3-4H3/t8-,9+,10-,11-/m1/s1. The molecule has 0 aliphatic carbocycles. The molecule has 2 aliphatic heterocycles. The van der Waals surface area contributed by atoms with Gasteiger partial charge in [0.15, 0.2) is 12.1 Å². The number of fused-ring (bicyclic) bond motifs is 1. The van der Waals surface area contributed by atoms with E-state index in [1.807, 2.05) is 13.8 Å². The van der Waals surface area contributed by atoms with Crippen LogP contribution in [0.5, 0.6) is 0 Å². The van der Waals surface area contributed by atoms with Crippen molar-refractivity contribution in [2.75, 3.05) is 6.61 Å². The van der Waals surface area contributed by atoms with Gasteiger partial charge in [-0.05, 0) is 13.8 Å². The summed E-state index contributed by atoms with van der Waals surface area (Å²) in [5.74, 6) is 1.79. The minimum Gasteiger partial charge on any atom is -0.360 e. The summed E-state index contributed by atoms with van der Waals surface area (Å²) >= 11 is 0. The van der Waals surface area contributed by atoms with Crippen LogP contribution in [0.4, 0.5) is 0 Å². The highest BCUT2D eigenvalue weighted by molar-refractivity contribution is 5.01. The van der Waals surface area contributed by atoms with Crippen molar-refractivity contribution in [3.63, 3.8) is 0 Å². The highest BCUT2D eigenvalue weighted by Crippen LogP contribution is 2.38. The van der Waals surface area contributed by atoms with Crippen LogP contribution in [0.1, 0.15) is 13.8 Å². The van der Waals surface area contributed by atoms with Crippen molar-refractivity contribution in [1.29, 1.82) is 0 Å². The number of terminal acetylenes is 1. The van der Waals surface area contributed by atoms with Gasteiger partial charge < -0.3 is 18.9 Å². The summed E-state index contributed by atoms with van der Waals surface area (Å²) in [6, 6.07) is 0. The Morgan fingerprint density at radius 1 is 1.50 bits per heavy atom. The van der Waals surface area contributed by atoms with Gasteiger partial charge in [-0.15, -0.1) is 13.0 Å². The van der Waals surface area contributed by atoms with Crippen molar-refractivity contribution in [2.24, 2.45) is 0 Å². The van der Waals surface area contributed by atoms with Crippen molar-refractivity contribution in [1.82, 2.24) is 0 Å². The summed E-state index contributed by atoms with van der Waals surface area (Å²) < 4.78 is 22.5. The van der Waals surface area contributed by atoms with Crippen molar-refractivity contribution >= 4 is 0 Å². The van der Waals surface area contributed by atoms with Gasteiger partial charge in [-0.25, -0.2) is 0 Å². The predicted octanol–water partition coefficient (Wildman–Crippen LogP) is 1.07. The van der Waals surface area contributed by atoms with Crippen LogP contribution < -0.4 is 0 Å². The maximum Gasteiger partial charge on any atom is 0.190 e. The fourth-order valence-corrected chi connectivity index (χ4v) is 2.03. The molecular weight excluding hydrogens is 208 g/mol. The molecule has 2 fully saturated rings. The third kappa shape index (κ3) is 2.00. The van der Waals surface area contributed by atoms with Gasteiger partial charge in [0.25, 0.3) is 0 Å². The van der Waals surface area contributed by atoms with Crippen molar-refractivity contribution < 1.29 is 18.9 Å². The third-order valence-electron chi connectivity index (χ3n) is 2.62. The lowest BCUT2D eigenvalue weighted by Crippen LogP contribution is -2.36. The molecule has 0 saturated carbocycles. The topological polar surface area (TPSA) is 36.9 Å². The maximum absolute atomic E-state index is 5.73. The summed E-state index contributed by atoms with van der Waals surface area (Å²) in [6.07, 6.45) is 5.72. The zero-order chi connectivity index (χ0) is 11.8. The van der Waals surface area contributed by atoms with E-state index in [1.54, 1.807) is 6.08 Å². The molecule has 0 amide bonds. The van der Waals surface area contributed by atoms with Crippen LogP contribution in [0.3, 0.4) is 0 Å². The quantitative estimate of drug-likeness (QED) is 0.531. The highest BCUT2D eigenvalue weighted by Gasteiger charge is 2.54. The zero-order valence-electron chi connectivity index (χ0n) is 9.51. The van der Waals surface area contributed by atoms with E-state index < -0.39 is 12.1 Å². The van der Waals surface area contributed by atoms with Gasteiger partial charge in [-0.2, -0.15) is 0 Å². The van der Waals surface area contributed by atoms with Crippen LogP contribution in [0, 0.1) is 12.3 Å². The second-order valence-electron chi connectivity index (χ2n) is 4.28. The first-order valence-electron chi connectivity index (χ1n) is 5.26. The molecule has 0 bridgehead atoms. The lowest BCUT2D eigenvalue weighted by Gasteiger charge is -2.23. The van der Waals surface area contributed by atoms with E-state index in [2.05, 4.69) is 12.5 Å². The lowest BCUT2D eigenvalue weighted by molar-refractivity contribution is -0.211. The Bertz CT molecular complexity index is 317. The van der Waals surface area contributed by atoms with Crippen LogP contribution in [0.15, 0.2) is 12.7 Å². The minimum atomic E-state index is -0.640. The number of hydrogen-bond donors (Lipinski definition) is 0. The van der Waals surface area contributed by atoms with E-state index in [0.717, 1.165) is 0 Å². The number of rotatable bonds is 3. The largest absolute Gasteiger partial charge is 0.360 e. The van der Waals surface area contributed by atoms with Crippen molar-refractivity contribution in [3.8, 4) is 12.3 Å². The van der Waals surface area contributed by atoms with Gasteiger partial charge in [0.1, 0.15) is 24.9 Å². The molecule has 0 radical (unpaired) electrons. The summed E-state index contributed by atoms with van der Waals surface area (Å²) in [4.78, 5) is 0. The van der Waals surface area contributed by atoms with E-state index in [-0.39, 0.29) is 24.9 Å². The monoisotopic (exact) mass is 224 g/mol. The van der Waals surface area contributed by atoms with Gasteiger partial charge in [0, 0.05) is 0 Å². The van der Waals surface area contributed by atoms with Crippen LogP contribution in [-0.4, -0.2) is 37.0 Å². The Morgan fingerprint density at radius 2 is 2.25 bits per heavy atom. The molecule has 4 heteroatoms. The molecule has 0 spiro atoms. The number of ether oxygens (including phenoxy) is 4. The highest BCUT2D eigenvalue weighted by atomic mass is 16.8. The minimum absolute atomic E-state index is 0.228. The molecule has 0 aromatic heterocycles. The Morgan fingerprint density at radius 3 is 2.88 bits per heavy atom. The fourth-order valence-electron chi connectivity index (χ4n) is 2.03. The van der Waals surface area contributed by atoms with Crippen LogP contribution >= 0.6 is 0 Å². The fraction of sp³-hybridized carbons (Fsp3) is 0.667. The van der Waals surface area contributed by atoms with Crippen LogP contribution in [-0.2, 0) is 18.9 Å². The molecule has 0 aromatic rings. The molecule has 0 aromatic carbocycles. The molecule has 0 N–H and O–H groups in total. The van der Waals surface area contributed by atoms with Crippen molar-refractivity contribution in [2.45, 2.75) is 44.2 Å². The Labute approximate surface area is 95.5 Å². The van der Waals surface area contributed by atoms with E-state index in [9.17, 15) is 0 Å². The second-order valence-corrected chi connectivity index (χ2v) is 4.28. The van der Waals surface area contributed by atoms with Gasteiger partial charge in [-0.1, -0.05) is 12.0 Å². The molecule has 0 unspecified atom stereocenters. The summed E-state index contributed by atoms with van der Waals surface area (Å²) in [6.45, 7) is 7.61. The number of hydrogen-bond acceptors (Lipinski definition) is 4. The Balaban J connectivity index is 2.08. The molecular formula is C12H16O4. The molecule has 16 heavy (non-hydrogen) atoms. The normalized spacial score (nSPS) is 40.3. The summed E-state index contributed by atoms with van der Waals surface area (Å²) in [5, 5.41) is 0. The molecule has 2 aliphatic rings. The lowest BCUT2D eigenvalue weighted by atomic mass is 10.1. The van der Waals surface area contributed by atoms with E-state index >= 15 is 0 Å². The third-order valence-corrected chi connectivity index (χ3v) is 2.62. The second kappa shape index (κ2) is 4.19. The van der Waals surface area contributed by atoms with Gasteiger partial charge in [0.05, 0.1) is 0 Å². The zero-order valence-corrected chi connectivity index (χ0v) is 9.51. The van der Waals surface area contributed by atoms with E-state index in [0.29, 0.717) is 0 Å². The molecule has 2 heterocycles. The Kier molecular flexibility index (Phi) is 3.04. The van der Waals surface area contributed by atoms with E-state index in [4.69, 9.17) is 25.4 Å². The van der Waals surface area contributed by atoms with Crippen molar-refractivity contribution in [3.05, 3.63) is 12.7 Å². The van der Waals surface area contributed by atoms with Gasteiger partial charge in [0.2, 0.25) is 0 Å². The van der Waals surface area contributed by atoms with E-state index in [1.165, 1.54) is 0 Å². The SMILES string of the molecule is C#CCO[C@@H]1[C@H]2OC(C)(C)O[C@H]2O[C@@H]1C=C. The molecule has 4 nitrogen and oxygen atoms in total. The first-order valence-corrected chi connectivity index (χ1v) is 5.26. The first kappa shape index (κ1) is 11.6. The van der Waals surface area contributed by atoms with Crippen LogP contribution in [0.2, 0.25) is 0 Å². The molecule has 2 rings (SSSR count). The molecule has 88 valence electrons. The average molecular weight is 224 g/mol. The Hall–Kier alpha value is -0.860. The molecule has 2 saturated heterocycles. The van der Waals surface area contributed by atoms with Gasteiger partial charge in [-0.3, -0.25) is 0 Å². The smallest absolute Gasteiger partial charge is 0.190 e. The first-order chi connectivity index (χ1) is 7.57. The summed E-state index contributed by atoms with van der Waals surface area (Å²) in [7, 11) is 0. The van der Waals surface area contributed by atoms with Crippen LogP contribution in [0.25, 0.3) is 0 Å². The average Bonchev–Trinajstić information content (AvgIpc) is 2.67. The maximum atomic E-state index is 5.73. The predicted molar refractivity (Wildman–Crippen MR) is 57.5 cm³/mol.